The Hall–Kier alpha value is -1.22. The molecule has 1 aromatic carbocycles. The van der Waals surface area contributed by atoms with Crippen molar-refractivity contribution >= 4 is 17.6 Å². The fourth-order valence-corrected chi connectivity index (χ4v) is 1.02. The van der Waals surface area contributed by atoms with Gasteiger partial charge in [-0.15, -0.1) is 0 Å². The lowest BCUT2D eigenvalue weighted by molar-refractivity contribution is -0.145. The predicted octanol–water partition coefficient (Wildman–Crippen LogP) is 2.08. The van der Waals surface area contributed by atoms with Crippen molar-refractivity contribution in [3.05, 3.63) is 29.3 Å². The van der Waals surface area contributed by atoms with Crippen molar-refractivity contribution in [2.24, 2.45) is 0 Å². The Labute approximate surface area is 87.6 Å². The van der Waals surface area contributed by atoms with E-state index >= 15 is 0 Å². The van der Waals surface area contributed by atoms with E-state index in [0.717, 1.165) is 0 Å². The third-order valence-electron chi connectivity index (χ3n) is 1.43. The van der Waals surface area contributed by atoms with Crippen LogP contribution < -0.4 is 4.74 Å². The van der Waals surface area contributed by atoms with E-state index in [1.165, 1.54) is 0 Å². The first kappa shape index (κ1) is 10.9. The molecule has 0 unspecified atom stereocenters. The van der Waals surface area contributed by atoms with Crippen molar-refractivity contribution in [2.75, 3.05) is 13.2 Å². The summed E-state index contributed by atoms with van der Waals surface area (Å²) < 4.78 is 9.80. The molecule has 0 aromatic heterocycles. The van der Waals surface area contributed by atoms with E-state index in [4.69, 9.17) is 16.3 Å². The summed E-state index contributed by atoms with van der Waals surface area (Å²) in [6.07, 6.45) is 0. The van der Waals surface area contributed by atoms with Gasteiger partial charge in [0.25, 0.3) is 0 Å². The molecule has 0 bridgehead atoms. The van der Waals surface area contributed by atoms with Crippen LogP contribution in [-0.2, 0) is 9.53 Å². The van der Waals surface area contributed by atoms with Gasteiger partial charge in [0.2, 0.25) is 0 Å². The van der Waals surface area contributed by atoms with E-state index in [9.17, 15) is 4.79 Å². The second-order valence-electron chi connectivity index (χ2n) is 2.45. The van der Waals surface area contributed by atoms with E-state index in [1.54, 1.807) is 25.1 Å². The van der Waals surface area contributed by atoms with E-state index in [-0.39, 0.29) is 6.61 Å². The lowest BCUT2D eigenvalue weighted by Crippen LogP contribution is -2.14. The number of hydrogen-bond donors (Lipinski definition) is 0. The summed E-state index contributed by atoms with van der Waals surface area (Å²) in [7, 11) is 0. The molecule has 0 heterocycles. The standard InChI is InChI=1S/C10H10ClO3/c1-2-13-10(12)7-14-9-6-4-3-5-8(9)11/h3,5-6H,2,7H2,1H3. The highest BCUT2D eigenvalue weighted by molar-refractivity contribution is 6.32. The van der Waals surface area contributed by atoms with E-state index in [2.05, 4.69) is 10.8 Å². The van der Waals surface area contributed by atoms with Crippen LogP contribution in [0.1, 0.15) is 6.92 Å². The Morgan fingerprint density at radius 1 is 1.64 bits per heavy atom. The maximum Gasteiger partial charge on any atom is 0.344 e. The average Bonchev–Trinajstić information content (AvgIpc) is 2.17. The normalized spacial score (nSPS) is 9.57. The molecule has 0 aliphatic rings. The summed E-state index contributed by atoms with van der Waals surface area (Å²) in [5.74, 6) is 0.0228. The summed E-state index contributed by atoms with van der Waals surface area (Å²) in [4.78, 5) is 10.9. The van der Waals surface area contributed by atoms with Gasteiger partial charge in [0.1, 0.15) is 5.75 Å². The van der Waals surface area contributed by atoms with Crippen LogP contribution >= 0.6 is 11.6 Å². The van der Waals surface area contributed by atoms with Gasteiger partial charge in [-0.05, 0) is 25.1 Å². The van der Waals surface area contributed by atoms with Crippen LogP contribution in [0.15, 0.2) is 18.2 Å². The van der Waals surface area contributed by atoms with Crippen molar-refractivity contribution in [2.45, 2.75) is 6.92 Å². The molecule has 75 valence electrons. The SMILES string of the molecule is CCOC(=O)COc1c[c]ccc1Cl. The van der Waals surface area contributed by atoms with Crippen LogP contribution in [0.4, 0.5) is 0 Å². The van der Waals surface area contributed by atoms with Gasteiger partial charge in [0.05, 0.1) is 11.6 Å². The van der Waals surface area contributed by atoms with Crippen molar-refractivity contribution in [1.82, 2.24) is 0 Å². The minimum absolute atomic E-state index is 0.134. The summed E-state index contributed by atoms with van der Waals surface area (Å²) in [6.45, 7) is 1.95. The van der Waals surface area contributed by atoms with Gasteiger partial charge in [-0.1, -0.05) is 17.7 Å². The molecule has 0 aliphatic carbocycles. The number of rotatable bonds is 4. The van der Waals surface area contributed by atoms with Crippen molar-refractivity contribution in [3.8, 4) is 5.75 Å². The third kappa shape index (κ3) is 3.26. The first-order valence-corrected chi connectivity index (χ1v) is 4.56. The summed E-state index contributed by atoms with van der Waals surface area (Å²) in [5, 5.41) is 0.452. The number of carbonyl (C=O) groups excluding carboxylic acids is 1. The van der Waals surface area contributed by atoms with Crippen LogP contribution in [0, 0.1) is 6.07 Å². The lowest BCUT2D eigenvalue weighted by atomic mass is 10.3. The summed E-state index contributed by atoms with van der Waals surface area (Å²) in [6, 6.07) is 7.67. The lowest BCUT2D eigenvalue weighted by Gasteiger charge is -2.06. The average molecular weight is 214 g/mol. The molecule has 0 aliphatic heterocycles. The smallest absolute Gasteiger partial charge is 0.344 e. The fourth-order valence-electron chi connectivity index (χ4n) is 0.846. The minimum Gasteiger partial charge on any atom is -0.480 e. The zero-order chi connectivity index (χ0) is 10.4. The Balaban J connectivity index is 2.46. The van der Waals surface area contributed by atoms with Gasteiger partial charge in [-0.2, -0.15) is 0 Å². The zero-order valence-electron chi connectivity index (χ0n) is 7.75. The van der Waals surface area contributed by atoms with Gasteiger partial charge in [0, 0.05) is 0 Å². The highest BCUT2D eigenvalue weighted by Crippen LogP contribution is 2.22. The van der Waals surface area contributed by atoms with Gasteiger partial charge in [-0.3, -0.25) is 0 Å². The Kier molecular flexibility index (Phi) is 4.26. The quantitative estimate of drug-likeness (QED) is 0.719. The minimum atomic E-state index is -0.410. The second kappa shape index (κ2) is 5.50. The Bertz CT molecular complexity index is 312. The van der Waals surface area contributed by atoms with E-state index in [1.807, 2.05) is 0 Å². The molecule has 1 radical (unpaired) electrons. The molecule has 0 saturated carbocycles. The Morgan fingerprint density at radius 3 is 3.07 bits per heavy atom. The highest BCUT2D eigenvalue weighted by Gasteiger charge is 2.04. The van der Waals surface area contributed by atoms with E-state index < -0.39 is 5.97 Å². The molecule has 0 saturated heterocycles. The van der Waals surface area contributed by atoms with Gasteiger partial charge in [0.15, 0.2) is 6.61 Å². The van der Waals surface area contributed by atoms with Gasteiger partial charge in [-0.25, -0.2) is 4.79 Å². The second-order valence-corrected chi connectivity index (χ2v) is 2.86. The molecule has 0 amide bonds. The number of carbonyl (C=O) groups is 1. The maximum absolute atomic E-state index is 10.9. The molecule has 0 fully saturated rings. The predicted molar refractivity (Wildman–Crippen MR) is 52.4 cm³/mol. The van der Waals surface area contributed by atoms with Crippen molar-refractivity contribution < 1.29 is 14.3 Å². The topological polar surface area (TPSA) is 35.5 Å². The van der Waals surface area contributed by atoms with Crippen LogP contribution in [-0.4, -0.2) is 19.2 Å². The fraction of sp³-hybridized carbons (Fsp3) is 0.300. The molecule has 0 atom stereocenters. The third-order valence-corrected chi connectivity index (χ3v) is 1.74. The van der Waals surface area contributed by atoms with Gasteiger partial charge < -0.3 is 9.47 Å². The molecule has 14 heavy (non-hydrogen) atoms. The molecule has 0 spiro atoms. The molecule has 3 nitrogen and oxygen atoms in total. The first-order valence-electron chi connectivity index (χ1n) is 4.18. The zero-order valence-corrected chi connectivity index (χ0v) is 8.50. The first-order chi connectivity index (χ1) is 6.74. The summed E-state index contributed by atoms with van der Waals surface area (Å²) in [5.41, 5.74) is 0. The number of ether oxygens (including phenoxy) is 2. The Morgan fingerprint density at radius 2 is 2.43 bits per heavy atom. The molecule has 0 N–H and O–H groups in total. The van der Waals surface area contributed by atoms with E-state index in [0.29, 0.717) is 17.4 Å². The molecular formula is C10H10ClO3. The van der Waals surface area contributed by atoms with Crippen LogP contribution in [0.3, 0.4) is 0 Å². The monoisotopic (exact) mass is 213 g/mol. The number of esters is 1. The molecule has 1 rings (SSSR count). The largest absolute Gasteiger partial charge is 0.480 e. The molecule has 4 heteroatoms. The maximum atomic E-state index is 10.9. The highest BCUT2D eigenvalue weighted by atomic mass is 35.5. The number of hydrogen-bond acceptors (Lipinski definition) is 3. The van der Waals surface area contributed by atoms with Crippen molar-refractivity contribution in [1.29, 1.82) is 0 Å². The molecular weight excluding hydrogens is 204 g/mol. The number of halogens is 1. The summed E-state index contributed by atoms with van der Waals surface area (Å²) >= 11 is 5.79. The van der Waals surface area contributed by atoms with Crippen LogP contribution in [0.2, 0.25) is 5.02 Å². The number of benzene rings is 1. The van der Waals surface area contributed by atoms with Crippen LogP contribution in [0.5, 0.6) is 5.75 Å². The van der Waals surface area contributed by atoms with Crippen LogP contribution in [0.25, 0.3) is 0 Å². The van der Waals surface area contributed by atoms with Gasteiger partial charge >= 0.3 is 5.97 Å². The van der Waals surface area contributed by atoms with Crippen molar-refractivity contribution in [3.63, 3.8) is 0 Å². The molecule has 1 aromatic rings.